The summed E-state index contributed by atoms with van der Waals surface area (Å²) in [7, 11) is -3.80. The van der Waals surface area contributed by atoms with Crippen LogP contribution >= 0.6 is 0 Å². The SMILES string of the molecule is CC(C)CNS(=O)(=O)c1cc2c(c3cnc(C4CC4)cc13)[C@@H](N)C[C@H]2NC(=O)OCc1ccccc1. The molecule has 2 aromatic carbocycles. The molecule has 2 aliphatic rings. The molecule has 5 rings (SSSR count). The van der Waals surface area contributed by atoms with Crippen molar-refractivity contribution < 1.29 is 17.9 Å². The number of amides is 1. The number of sulfonamides is 1. The van der Waals surface area contributed by atoms with Crippen LogP contribution in [-0.2, 0) is 21.4 Å². The zero-order chi connectivity index (χ0) is 25.4. The molecule has 4 N–H and O–H groups in total. The van der Waals surface area contributed by atoms with E-state index < -0.39 is 22.2 Å². The van der Waals surface area contributed by atoms with Crippen molar-refractivity contribution in [1.82, 2.24) is 15.0 Å². The van der Waals surface area contributed by atoms with Crippen LogP contribution in [0.15, 0.2) is 53.6 Å². The number of carbonyl (C=O) groups is 1. The molecular weight excluding hydrogens is 476 g/mol. The first-order valence-corrected chi connectivity index (χ1v) is 13.9. The Bertz CT molecular complexity index is 1390. The van der Waals surface area contributed by atoms with Gasteiger partial charge in [0.2, 0.25) is 10.0 Å². The zero-order valence-electron chi connectivity index (χ0n) is 20.5. The van der Waals surface area contributed by atoms with Crippen LogP contribution in [0.2, 0.25) is 0 Å². The minimum absolute atomic E-state index is 0.142. The van der Waals surface area contributed by atoms with Crippen LogP contribution in [0.1, 0.15) is 73.5 Å². The lowest BCUT2D eigenvalue weighted by Gasteiger charge is -2.18. The van der Waals surface area contributed by atoms with E-state index in [1.165, 1.54) is 0 Å². The number of nitrogens with zero attached hydrogens (tertiary/aromatic N) is 1. The first-order valence-electron chi connectivity index (χ1n) is 12.4. The van der Waals surface area contributed by atoms with Gasteiger partial charge in [-0.2, -0.15) is 0 Å². The van der Waals surface area contributed by atoms with Gasteiger partial charge >= 0.3 is 6.09 Å². The van der Waals surface area contributed by atoms with Crippen molar-refractivity contribution in [2.24, 2.45) is 11.7 Å². The summed E-state index contributed by atoms with van der Waals surface area (Å²) in [5.74, 6) is 0.538. The number of ether oxygens (including phenoxy) is 1. The average Bonchev–Trinajstić information content (AvgIpc) is 3.66. The molecule has 3 aromatic rings. The van der Waals surface area contributed by atoms with Crippen molar-refractivity contribution in [1.29, 1.82) is 0 Å². The van der Waals surface area contributed by atoms with E-state index in [0.717, 1.165) is 35.0 Å². The van der Waals surface area contributed by atoms with E-state index >= 15 is 0 Å². The number of rotatable bonds is 8. The van der Waals surface area contributed by atoms with Crippen LogP contribution in [0, 0.1) is 5.92 Å². The lowest BCUT2D eigenvalue weighted by Crippen LogP contribution is -2.29. The summed E-state index contributed by atoms with van der Waals surface area (Å²) >= 11 is 0. The first kappa shape index (κ1) is 24.7. The number of alkyl carbamates (subject to hydrolysis) is 1. The third-order valence-electron chi connectivity index (χ3n) is 6.79. The first-order chi connectivity index (χ1) is 17.2. The van der Waals surface area contributed by atoms with Crippen molar-refractivity contribution in [2.75, 3.05) is 6.54 Å². The van der Waals surface area contributed by atoms with Gasteiger partial charge in [-0.05, 0) is 54.0 Å². The Hall–Kier alpha value is -3.01. The molecule has 0 saturated heterocycles. The smallest absolute Gasteiger partial charge is 0.407 e. The van der Waals surface area contributed by atoms with Gasteiger partial charge in [0.15, 0.2) is 0 Å². The lowest BCUT2D eigenvalue weighted by atomic mass is 9.99. The zero-order valence-corrected chi connectivity index (χ0v) is 21.3. The van der Waals surface area contributed by atoms with Gasteiger partial charge in [0.05, 0.1) is 10.9 Å². The highest BCUT2D eigenvalue weighted by molar-refractivity contribution is 7.89. The molecule has 1 aromatic heterocycles. The number of fused-ring (bicyclic) bond motifs is 3. The summed E-state index contributed by atoms with van der Waals surface area (Å²) in [5.41, 5.74) is 9.84. The minimum atomic E-state index is -3.80. The maximum absolute atomic E-state index is 13.4. The molecule has 1 saturated carbocycles. The summed E-state index contributed by atoms with van der Waals surface area (Å²) in [6.45, 7) is 4.38. The number of aromatic nitrogens is 1. The molecule has 0 bridgehead atoms. The molecule has 2 aliphatic carbocycles. The molecule has 0 aliphatic heterocycles. The Balaban J connectivity index is 1.50. The third-order valence-corrected chi connectivity index (χ3v) is 8.25. The largest absolute Gasteiger partial charge is 0.445 e. The van der Waals surface area contributed by atoms with Crippen molar-refractivity contribution in [3.05, 3.63) is 71.0 Å². The minimum Gasteiger partial charge on any atom is -0.445 e. The van der Waals surface area contributed by atoms with Gasteiger partial charge in [-0.25, -0.2) is 17.9 Å². The number of carbonyl (C=O) groups excluding carboxylic acids is 1. The molecule has 190 valence electrons. The molecule has 0 unspecified atom stereocenters. The summed E-state index contributed by atoms with van der Waals surface area (Å²) in [6.07, 6.45) is 3.74. The van der Waals surface area contributed by atoms with Crippen molar-refractivity contribution >= 4 is 26.9 Å². The molecule has 8 nitrogen and oxygen atoms in total. The predicted molar refractivity (Wildman–Crippen MR) is 138 cm³/mol. The van der Waals surface area contributed by atoms with Gasteiger partial charge in [0.25, 0.3) is 0 Å². The summed E-state index contributed by atoms with van der Waals surface area (Å²) in [6, 6.07) is 12.2. The van der Waals surface area contributed by atoms with Gasteiger partial charge in [-0.1, -0.05) is 44.2 Å². The summed E-state index contributed by atoms with van der Waals surface area (Å²) in [5, 5.41) is 4.24. The second-order valence-corrected chi connectivity index (χ2v) is 11.9. The maximum Gasteiger partial charge on any atom is 0.407 e. The Morgan fingerprint density at radius 3 is 2.61 bits per heavy atom. The quantitative estimate of drug-likeness (QED) is 0.414. The average molecular weight is 509 g/mol. The van der Waals surface area contributed by atoms with Crippen LogP contribution in [0.3, 0.4) is 0 Å². The fraction of sp³-hybridized carbons (Fsp3) is 0.407. The topological polar surface area (TPSA) is 123 Å². The number of hydrogen-bond acceptors (Lipinski definition) is 6. The van der Waals surface area contributed by atoms with Crippen LogP contribution in [-0.4, -0.2) is 26.0 Å². The Morgan fingerprint density at radius 2 is 1.92 bits per heavy atom. The molecule has 2 atom stereocenters. The van der Waals surface area contributed by atoms with Gasteiger partial charge in [0, 0.05) is 41.2 Å². The van der Waals surface area contributed by atoms with E-state index in [1.54, 1.807) is 12.3 Å². The van der Waals surface area contributed by atoms with E-state index in [1.807, 2.05) is 50.2 Å². The van der Waals surface area contributed by atoms with Gasteiger partial charge in [-0.15, -0.1) is 0 Å². The molecule has 9 heteroatoms. The molecular formula is C27H32N4O4S. The molecule has 36 heavy (non-hydrogen) atoms. The normalized spacial score (nSPS) is 19.4. The Labute approximate surface area is 211 Å². The van der Waals surface area contributed by atoms with Gasteiger partial charge < -0.3 is 15.8 Å². The predicted octanol–water partition coefficient (Wildman–Crippen LogP) is 4.42. The van der Waals surface area contributed by atoms with E-state index in [-0.39, 0.29) is 23.5 Å². The monoisotopic (exact) mass is 508 g/mol. The van der Waals surface area contributed by atoms with Crippen LogP contribution in [0.25, 0.3) is 10.8 Å². The summed E-state index contributed by atoms with van der Waals surface area (Å²) in [4.78, 5) is 17.5. The van der Waals surface area contributed by atoms with E-state index in [2.05, 4.69) is 15.0 Å². The third kappa shape index (κ3) is 5.09. The fourth-order valence-corrected chi connectivity index (χ4v) is 6.21. The number of hydrogen-bond donors (Lipinski definition) is 3. The number of pyridine rings is 1. The molecule has 1 fully saturated rings. The number of nitrogens with two attached hydrogens (primary N) is 1. The second-order valence-electron chi connectivity index (χ2n) is 10.2. The van der Waals surface area contributed by atoms with E-state index in [9.17, 15) is 13.2 Å². The molecule has 1 heterocycles. The highest BCUT2D eigenvalue weighted by Crippen LogP contribution is 2.46. The molecule has 0 spiro atoms. The lowest BCUT2D eigenvalue weighted by molar-refractivity contribution is 0.135. The van der Waals surface area contributed by atoms with Crippen molar-refractivity contribution in [3.8, 4) is 0 Å². The van der Waals surface area contributed by atoms with Gasteiger partial charge in [0.1, 0.15) is 6.61 Å². The van der Waals surface area contributed by atoms with Crippen molar-refractivity contribution in [3.63, 3.8) is 0 Å². The number of benzene rings is 2. The van der Waals surface area contributed by atoms with Gasteiger partial charge in [-0.3, -0.25) is 4.98 Å². The van der Waals surface area contributed by atoms with E-state index in [0.29, 0.717) is 29.8 Å². The van der Waals surface area contributed by atoms with Crippen LogP contribution in [0.5, 0.6) is 0 Å². The molecule has 0 radical (unpaired) electrons. The maximum atomic E-state index is 13.4. The summed E-state index contributed by atoms with van der Waals surface area (Å²) < 4.78 is 35.0. The highest BCUT2D eigenvalue weighted by Gasteiger charge is 2.35. The number of nitrogens with one attached hydrogen (secondary N) is 2. The standard InChI is InChI=1S/C27H32N4O4S/c1-16(2)13-30-36(33,34)25-11-20-24(31-27(32)35-15-17-6-4-3-5-7-17)12-22(28)26(20)21-14-29-23(10-19(21)25)18-8-9-18/h3-7,10-11,14,16,18,22,24,30H,8-9,12-13,15,28H2,1-2H3,(H,31,32)/t22-,24+/m0/s1. The van der Waals surface area contributed by atoms with E-state index in [4.69, 9.17) is 10.5 Å². The Morgan fingerprint density at radius 1 is 1.17 bits per heavy atom. The Kier molecular flexibility index (Phi) is 6.72. The van der Waals surface area contributed by atoms with Crippen molar-refractivity contribution in [2.45, 2.75) is 62.6 Å². The van der Waals surface area contributed by atoms with Crippen LogP contribution in [0.4, 0.5) is 4.79 Å². The van der Waals surface area contributed by atoms with Crippen LogP contribution < -0.4 is 15.8 Å². The fourth-order valence-electron chi connectivity index (χ4n) is 4.77. The molecule has 1 amide bonds. The second kappa shape index (κ2) is 9.80. The highest BCUT2D eigenvalue weighted by atomic mass is 32.2.